The van der Waals surface area contributed by atoms with Gasteiger partial charge < -0.3 is 20.5 Å². The van der Waals surface area contributed by atoms with Gasteiger partial charge in [0, 0.05) is 6.54 Å². The first-order valence-electron chi connectivity index (χ1n) is 4.91. The summed E-state index contributed by atoms with van der Waals surface area (Å²) in [6.45, 7) is 0.518. The van der Waals surface area contributed by atoms with E-state index >= 15 is 0 Å². The predicted octanol–water partition coefficient (Wildman–Crippen LogP) is 0.453. The summed E-state index contributed by atoms with van der Waals surface area (Å²) in [4.78, 5) is 13.3. The van der Waals surface area contributed by atoms with E-state index in [1.165, 1.54) is 0 Å². The molecule has 0 aromatic rings. The molecule has 5 nitrogen and oxygen atoms in total. The number of ether oxygens (including phenoxy) is 1. The zero-order valence-corrected chi connectivity index (χ0v) is 9.07. The average Bonchev–Trinajstić information content (AvgIpc) is 2.66. The Morgan fingerprint density at radius 2 is 2.47 bits per heavy atom. The second-order valence-corrected chi connectivity index (χ2v) is 4.62. The van der Waals surface area contributed by atoms with Gasteiger partial charge in [0.2, 0.25) is 0 Å². The molecule has 2 rings (SSSR count). The quantitative estimate of drug-likeness (QED) is 0.720. The molecule has 0 unspecified atom stereocenters. The van der Waals surface area contributed by atoms with Crippen LogP contribution in [0.4, 0.5) is 4.79 Å². The minimum absolute atomic E-state index is 0.0175. The molecule has 0 radical (unpaired) electrons. The molecule has 15 heavy (non-hydrogen) atoms. The van der Waals surface area contributed by atoms with Crippen LogP contribution >= 0.6 is 11.8 Å². The molecule has 2 aliphatic heterocycles. The van der Waals surface area contributed by atoms with Gasteiger partial charge in [-0.05, 0) is 30.7 Å². The molecule has 3 N–H and O–H groups in total. The summed E-state index contributed by atoms with van der Waals surface area (Å²) in [5.74, 6) is 0. The van der Waals surface area contributed by atoms with Crippen molar-refractivity contribution in [1.29, 1.82) is 0 Å². The van der Waals surface area contributed by atoms with Crippen LogP contribution in [0.1, 0.15) is 12.8 Å². The molecule has 0 aromatic carbocycles. The first-order chi connectivity index (χ1) is 7.20. The maximum Gasteiger partial charge on any atom is 0.290 e. The fourth-order valence-electron chi connectivity index (χ4n) is 1.75. The Hall–Kier alpha value is -0.720. The zero-order chi connectivity index (χ0) is 10.8. The van der Waals surface area contributed by atoms with Crippen molar-refractivity contribution in [2.45, 2.75) is 25.2 Å². The molecule has 0 saturated carbocycles. The normalized spacial score (nSPS) is 31.9. The van der Waals surface area contributed by atoms with E-state index in [-0.39, 0.29) is 24.2 Å². The summed E-state index contributed by atoms with van der Waals surface area (Å²) in [5.41, 5.74) is 5.54. The summed E-state index contributed by atoms with van der Waals surface area (Å²) >= 11 is 1.03. The molecule has 0 aliphatic carbocycles. The first-order valence-corrected chi connectivity index (χ1v) is 5.72. The predicted molar refractivity (Wildman–Crippen MR) is 56.9 cm³/mol. The Morgan fingerprint density at radius 3 is 3.07 bits per heavy atom. The van der Waals surface area contributed by atoms with Crippen molar-refractivity contribution in [2.75, 3.05) is 13.2 Å². The number of aliphatic hydroxyl groups is 1. The van der Waals surface area contributed by atoms with Crippen LogP contribution in [0.2, 0.25) is 0 Å². The largest absolute Gasteiger partial charge is 0.394 e. The lowest BCUT2D eigenvalue weighted by Gasteiger charge is -2.29. The van der Waals surface area contributed by atoms with Crippen molar-refractivity contribution >= 4 is 17.0 Å². The van der Waals surface area contributed by atoms with Gasteiger partial charge in [0.05, 0.1) is 17.7 Å². The lowest BCUT2D eigenvalue weighted by atomic mass is 10.2. The van der Waals surface area contributed by atoms with Crippen molar-refractivity contribution < 1.29 is 14.6 Å². The fourth-order valence-corrected chi connectivity index (χ4v) is 2.42. The third-order valence-electron chi connectivity index (χ3n) is 2.57. The molecule has 2 heterocycles. The van der Waals surface area contributed by atoms with Crippen LogP contribution in [0.3, 0.4) is 0 Å². The van der Waals surface area contributed by atoms with Crippen LogP contribution in [0.15, 0.2) is 11.1 Å². The fraction of sp³-hybridized carbons (Fsp3) is 0.667. The van der Waals surface area contributed by atoms with E-state index in [0.717, 1.165) is 24.6 Å². The number of aliphatic hydroxyl groups excluding tert-OH is 1. The van der Waals surface area contributed by atoms with Crippen LogP contribution in [0.5, 0.6) is 0 Å². The molecule has 1 saturated heterocycles. The molecular weight excluding hydrogens is 216 g/mol. The van der Waals surface area contributed by atoms with E-state index in [0.29, 0.717) is 11.6 Å². The monoisotopic (exact) mass is 230 g/mol. The molecule has 0 bridgehead atoms. The number of amides is 1. The van der Waals surface area contributed by atoms with Gasteiger partial charge in [-0.25, -0.2) is 0 Å². The van der Waals surface area contributed by atoms with E-state index < -0.39 is 0 Å². The highest BCUT2D eigenvalue weighted by molar-refractivity contribution is 8.16. The second kappa shape index (κ2) is 4.42. The Bertz CT molecular complexity index is 295. The maximum absolute atomic E-state index is 11.6. The summed E-state index contributed by atoms with van der Waals surface area (Å²) in [6, 6.07) is 0. The number of rotatable bonds is 2. The molecule has 0 aromatic heterocycles. The van der Waals surface area contributed by atoms with E-state index in [1.54, 1.807) is 4.90 Å². The van der Waals surface area contributed by atoms with Crippen molar-refractivity contribution in [3.63, 3.8) is 0 Å². The number of nitrogens with zero attached hydrogens (tertiary/aromatic N) is 1. The first kappa shape index (κ1) is 10.8. The number of nitrogens with two attached hydrogens (primary N) is 1. The number of carbonyl (C=O) groups excluding carboxylic acids is 1. The van der Waals surface area contributed by atoms with Crippen molar-refractivity contribution in [3.8, 4) is 0 Å². The number of carbonyl (C=O) groups is 1. The summed E-state index contributed by atoms with van der Waals surface area (Å²) < 4.78 is 5.53. The molecule has 1 amide bonds. The molecule has 2 aliphatic rings. The van der Waals surface area contributed by atoms with E-state index in [9.17, 15) is 4.79 Å². The lowest BCUT2D eigenvalue weighted by molar-refractivity contribution is -0.0436. The molecule has 6 heteroatoms. The van der Waals surface area contributed by atoms with Crippen LogP contribution in [-0.4, -0.2) is 40.7 Å². The van der Waals surface area contributed by atoms with Crippen LogP contribution in [-0.2, 0) is 4.74 Å². The third kappa shape index (κ3) is 2.27. The van der Waals surface area contributed by atoms with Gasteiger partial charge in [-0.2, -0.15) is 0 Å². The second-order valence-electron chi connectivity index (χ2n) is 3.60. The molecular formula is C9H14N2O3S. The van der Waals surface area contributed by atoms with Crippen molar-refractivity contribution in [2.24, 2.45) is 5.73 Å². The number of hydrogen-bond donors (Lipinski definition) is 2. The highest BCUT2D eigenvalue weighted by Gasteiger charge is 2.33. The van der Waals surface area contributed by atoms with E-state index in [2.05, 4.69) is 0 Å². The maximum atomic E-state index is 11.6. The average molecular weight is 230 g/mol. The zero-order valence-electron chi connectivity index (χ0n) is 8.26. The minimum Gasteiger partial charge on any atom is -0.394 e. The Morgan fingerprint density at radius 1 is 1.67 bits per heavy atom. The molecule has 2 atom stereocenters. The Kier molecular flexibility index (Phi) is 3.18. The number of thioether (sulfide) groups is 1. The summed E-state index contributed by atoms with van der Waals surface area (Å²) in [7, 11) is 0. The lowest BCUT2D eigenvalue weighted by Crippen LogP contribution is -2.40. The van der Waals surface area contributed by atoms with Gasteiger partial charge in [0.15, 0.2) is 0 Å². The standard InChI is InChI=1S/C9H14N2O3S/c10-7-3-4-11(9(13)15-7)8-2-1-6(5-12)14-8/h3,6,8,12H,1-2,4-5,10H2/t6-,8+/m1/s1. The Labute approximate surface area is 92.2 Å². The van der Waals surface area contributed by atoms with Gasteiger partial charge in [0.1, 0.15) is 6.23 Å². The molecule has 0 spiro atoms. The van der Waals surface area contributed by atoms with E-state index in [4.69, 9.17) is 15.6 Å². The Balaban J connectivity index is 1.97. The van der Waals surface area contributed by atoms with E-state index in [1.807, 2.05) is 6.08 Å². The van der Waals surface area contributed by atoms with Crippen molar-refractivity contribution in [1.82, 2.24) is 4.90 Å². The highest BCUT2D eigenvalue weighted by Crippen LogP contribution is 2.28. The van der Waals surface area contributed by atoms with Crippen LogP contribution in [0.25, 0.3) is 0 Å². The highest BCUT2D eigenvalue weighted by atomic mass is 32.2. The van der Waals surface area contributed by atoms with Gasteiger partial charge in [0.25, 0.3) is 5.24 Å². The van der Waals surface area contributed by atoms with Gasteiger partial charge in [-0.3, -0.25) is 4.79 Å². The minimum atomic E-state index is -0.202. The van der Waals surface area contributed by atoms with Crippen molar-refractivity contribution in [3.05, 3.63) is 11.1 Å². The summed E-state index contributed by atoms with van der Waals surface area (Å²) in [5, 5.41) is 9.40. The SMILES string of the molecule is NC1=CCN([C@@H]2CC[C@H](CO)O2)C(=O)S1. The smallest absolute Gasteiger partial charge is 0.290 e. The third-order valence-corrected chi connectivity index (χ3v) is 3.38. The van der Waals surface area contributed by atoms with Gasteiger partial charge in [-0.15, -0.1) is 0 Å². The van der Waals surface area contributed by atoms with Crippen LogP contribution in [0, 0.1) is 0 Å². The van der Waals surface area contributed by atoms with Gasteiger partial charge in [-0.1, -0.05) is 0 Å². The topological polar surface area (TPSA) is 75.8 Å². The summed E-state index contributed by atoms with van der Waals surface area (Å²) in [6.07, 6.45) is 3.06. The molecule has 84 valence electrons. The number of hydrogen-bond acceptors (Lipinski definition) is 5. The van der Waals surface area contributed by atoms with Gasteiger partial charge >= 0.3 is 0 Å². The van der Waals surface area contributed by atoms with Crippen LogP contribution < -0.4 is 5.73 Å². The molecule has 1 fully saturated rings.